The number of ether oxygens (including phenoxy) is 3. The van der Waals surface area contributed by atoms with Crippen LogP contribution in [-0.4, -0.2) is 64.4 Å². The molecule has 1 amide bonds. The molecule has 0 saturated carbocycles. The predicted molar refractivity (Wildman–Crippen MR) is 110 cm³/mol. The Kier molecular flexibility index (Phi) is 9.71. The van der Waals surface area contributed by atoms with E-state index in [0.29, 0.717) is 24.6 Å². The zero-order valence-corrected chi connectivity index (χ0v) is 18.4. The van der Waals surface area contributed by atoms with E-state index in [1.54, 1.807) is 0 Å². The van der Waals surface area contributed by atoms with E-state index in [9.17, 15) is 9.59 Å². The van der Waals surface area contributed by atoms with E-state index in [1.165, 1.54) is 10.9 Å². The number of halogens is 1. The number of carbonyl (C=O) groups excluding carboxylic acids is 1. The van der Waals surface area contributed by atoms with E-state index < -0.39 is 18.6 Å². The molecule has 10 nitrogen and oxygen atoms in total. The number of carboxylic acids is 1. The number of aliphatic carboxylic acids is 1. The highest BCUT2D eigenvalue weighted by molar-refractivity contribution is 9.10. The van der Waals surface area contributed by atoms with Crippen molar-refractivity contribution in [2.24, 2.45) is 0 Å². The first-order chi connectivity index (χ1) is 14.4. The van der Waals surface area contributed by atoms with Crippen molar-refractivity contribution in [1.29, 1.82) is 0 Å². The molecule has 2 N–H and O–H groups in total. The van der Waals surface area contributed by atoms with Crippen molar-refractivity contribution >= 4 is 27.8 Å². The number of rotatable bonds is 13. The maximum atomic E-state index is 12.7. The van der Waals surface area contributed by atoms with Crippen molar-refractivity contribution in [3.05, 3.63) is 40.6 Å². The van der Waals surface area contributed by atoms with Crippen LogP contribution in [0.25, 0.3) is 0 Å². The molecule has 11 heteroatoms. The van der Waals surface area contributed by atoms with Crippen molar-refractivity contribution in [2.75, 3.05) is 26.4 Å². The lowest BCUT2D eigenvalue weighted by Gasteiger charge is -2.19. The second-order valence-corrected chi connectivity index (χ2v) is 7.29. The Hall–Kier alpha value is -2.50. The van der Waals surface area contributed by atoms with Crippen molar-refractivity contribution in [3.63, 3.8) is 0 Å². The predicted octanol–water partition coefficient (Wildman–Crippen LogP) is 1.80. The number of carbonyl (C=O) groups is 2. The average Bonchev–Trinajstić information content (AvgIpc) is 3.16. The number of amides is 1. The summed E-state index contributed by atoms with van der Waals surface area (Å²) in [5, 5.41) is 19.3. The molecule has 0 saturated heterocycles. The van der Waals surface area contributed by atoms with Gasteiger partial charge in [0.1, 0.15) is 24.2 Å². The first kappa shape index (κ1) is 23.8. The van der Waals surface area contributed by atoms with Crippen molar-refractivity contribution in [2.45, 2.75) is 32.6 Å². The quantitative estimate of drug-likeness (QED) is 0.440. The molecule has 2 aromatic rings. The zero-order valence-electron chi connectivity index (χ0n) is 16.8. The minimum Gasteiger partial charge on any atom is -0.489 e. The summed E-state index contributed by atoms with van der Waals surface area (Å²) >= 11 is 3.37. The number of benzene rings is 1. The fourth-order valence-corrected chi connectivity index (χ4v) is 2.69. The summed E-state index contributed by atoms with van der Waals surface area (Å²) in [5.41, 5.74) is 0.414. The van der Waals surface area contributed by atoms with Crippen LogP contribution < -0.4 is 10.1 Å². The van der Waals surface area contributed by atoms with Crippen LogP contribution >= 0.6 is 15.9 Å². The summed E-state index contributed by atoms with van der Waals surface area (Å²) in [4.78, 5) is 23.2. The molecular formula is C19H25BrN4O6. The van der Waals surface area contributed by atoms with Crippen LogP contribution in [0.15, 0.2) is 34.9 Å². The van der Waals surface area contributed by atoms with Gasteiger partial charge in [-0.3, -0.25) is 4.79 Å². The number of carboxylic acid groups (broad SMARTS) is 1. The number of hydrogen-bond acceptors (Lipinski definition) is 7. The largest absolute Gasteiger partial charge is 0.489 e. The van der Waals surface area contributed by atoms with E-state index >= 15 is 0 Å². The average molecular weight is 485 g/mol. The topological polar surface area (TPSA) is 125 Å². The molecule has 0 aliphatic carbocycles. The third-order valence-corrected chi connectivity index (χ3v) is 4.38. The van der Waals surface area contributed by atoms with Crippen LogP contribution in [0.4, 0.5) is 0 Å². The van der Waals surface area contributed by atoms with Gasteiger partial charge < -0.3 is 24.6 Å². The standard InChI is InChI=1S/C19H25BrN4O6/c1-3-28-11-17(24-9-15(22-23-24)10-29-12-18(25)26)19(27)21-8-13(2)30-16-6-4-14(20)5-7-16/h4-7,9,13,17H,3,8,10-12H2,1-2H3,(H,21,27)(H,25,26). The van der Waals surface area contributed by atoms with Crippen LogP contribution in [0.3, 0.4) is 0 Å². The SMILES string of the molecule is CCOCC(C(=O)NCC(C)Oc1ccc(Br)cc1)n1cc(COCC(=O)O)nn1. The molecule has 30 heavy (non-hydrogen) atoms. The van der Waals surface area contributed by atoms with Gasteiger partial charge in [0.25, 0.3) is 0 Å². The maximum Gasteiger partial charge on any atom is 0.329 e. The third kappa shape index (κ3) is 8.09. The Bertz CT molecular complexity index is 814. The van der Waals surface area contributed by atoms with Gasteiger partial charge in [0.05, 0.1) is 26.0 Å². The lowest BCUT2D eigenvalue weighted by atomic mass is 10.2. The smallest absolute Gasteiger partial charge is 0.329 e. The Morgan fingerprint density at radius 3 is 2.67 bits per heavy atom. The van der Waals surface area contributed by atoms with Crippen molar-refractivity contribution in [1.82, 2.24) is 20.3 Å². The lowest BCUT2D eigenvalue weighted by molar-refractivity contribution is -0.142. The molecule has 0 radical (unpaired) electrons. The van der Waals surface area contributed by atoms with E-state index in [2.05, 4.69) is 31.6 Å². The molecule has 0 aliphatic rings. The number of nitrogens with one attached hydrogen (secondary N) is 1. The van der Waals surface area contributed by atoms with Crippen LogP contribution in [0.2, 0.25) is 0 Å². The van der Waals surface area contributed by atoms with E-state index in [-0.39, 0.29) is 25.2 Å². The Labute approximate surface area is 182 Å². The normalized spacial score (nSPS) is 12.9. The molecule has 0 aliphatic heterocycles. The fraction of sp³-hybridized carbons (Fsp3) is 0.474. The highest BCUT2D eigenvalue weighted by Crippen LogP contribution is 2.17. The van der Waals surface area contributed by atoms with Gasteiger partial charge in [-0.25, -0.2) is 9.48 Å². The van der Waals surface area contributed by atoms with Crippen molar-refractivity contribution < 1.29 is 28.9 Å². The number of hydrogen-bond donors (Lipinski definition) is 2. The van der Waals surface area contributed by atoms with E-state index in [1.807, 2.05) is 38.1 Å². The highest BCUT2D eigenvalue weighted by atomic mass is 79.9. The van der Waals surface area contributed by atoms with E-state index in [0.717, 1.165) is 4.47 Å². The molecule has 0 spiro atoms. The van der Waals surface area contributed by atoms with Gasteiger partial charge in [-0.1, -0.05) is 21.1 Å². The minimum absolute atomic E-state index is 0.0205. The Morgan fingerprint density at radius 2 is 2.00 bits per heavy atom. The van der Waals surface area contributed by atoms with E-state index in [4.69, 9.17) is 19.3 Å². The molecule has 2 unspecified atom stereocenters. The van der Waals surface area contributed by atoms with Gasteiger partial charge >= 0.3 is 5.97 Å². The summed E-state index contributed by atoms with van der Waals surface area (Å²) in [6.45, 7) is 4.07. The molecule has 1 heterocycles. The molecule has 0 bridgehead atoms. The van der Waals surface area contributed by atoms with Gasteiger partial charge in [0.2, 0.25) is 5.91 Å². The third-order valence-electron chi connectivity index (χ3n) is 3.85. The van der Waals surface area contributed by atoms with Gasteiger partial charge in [0.15, 0.2) is 6.04 Å². The fourth-order valence-electron chi connectivity index (χ4n) is 2.43. The molecule has 1 aromatic heterocycles. The van der Waals surface area contributed by atoms with Crippen LogP contribution in [0.1, 0.15) is 25.6 Å². The summed E-state index contributed by atoms with van der Waals surface area (Å²) < 4.78 is 18.5. The zero-order chi connectivity index (χ0) is 21.9. The summed E-state index contributed by atoms with van der Waals surface area (Å²) in [6, 6.07) is 6.70. The summed E-state index contributed by atoms with van der Waals surface area (Å²) in [7, 11) is 0. The Morgan fingerprint density at radius 1 is 1.27 bits per heavy atom. The van der Waals surface area contributed by atoms with Crippen LogP contribution in [-0.2, 0) is 25.7 Å². The second-order valence-electron chi connectivity index (χ2n) is 6.38. The molecule has 2 atom stereocenters. The summed E-state index contributed by atoms with van der Waals surface area (Å²) in [5.74, 6) is -0.666. The lowest BCUT2D eigenvalue weighted by Crippen LogP contribution is -2.40. The first-order valence-electron chi connectivity index (χ1n) is 9.37. The molecule has 1 aromatic carbocycles. The van der Waals surface area contributed by atoms with Gasteiger partial charge in [-0.2, -0.15) is 0 Å². The van der Waals surface area contributed by atoms with Crippen LogP contribution in [0, 0.1) is 0 Å². The second kappa shape index (κ2) is 12.3. The maximum absolute atomic E-state index is 12.7. The van der Waals surface area contributed by atoms with Gasteiger partial charge in [-0.05, 0) is 38.1 Å². The summed E-state index contributed by atoms with van der Waals surface area (Å²) in [6.07, 6.45) is 1.28. The monoisotopic (exact) mass is 484 g/mol. The van der Waals surface area contributed by atoms with Crippen LogP contribution in [0.5, 0.6) is 5.75 Å². The first-order valence-corrected chi connectivity index (χ1v) is 10.2. The number of nitrogens with zero attached hydrogens (tertiary/aromatic N) is 3. The molecular weight excluding hydrogens is 460 g/mol. The van der Waals surface area contributed by atoms with Gasteiger partial charge in [-0.15, -0.1) is 5.10 Å². The van der Waals surface area contributed by atoms with Gasteiger partial charge in [0, 0.05) is 11.1 Å². The minimum atomic E-state index is -1.07. The van der Waals surface area contributed by atoms with Crippen molar-refractivity contribution in [3.8, 4) is 5.75 Å². The molecule has 0 fully saturated rings. The molecule has 164 valence electrons. The highest BCUT2D eigenvalue weighted by Gasteiger charge is 2.23. The number of aromatic nitrogens is 3. The Balaban J connectivity index is 1.91. The molecule has 2 rings (SSSR count).